The SMILES string of the molecule is N[C@@H](c1c(F)ccc(Cl)c1F)[C@H](O)C1CCCCC1. The van der Waals surface area contributed by atoms with Gasteiger partial charge in [0, 0.05) is 5.56 Å². The molecule has 0 heterocycles. The predicted octanol–water partition coefficient (Wildman–Crippen LogP) is 3.56. The first-order valence-electron chi connectivity index (χ1n) is 6.59. The molecule has 0 amide bonds. The van der Waals surface area contributed by atoms with E-state index in [1.165, 1.54) is 0 Å². The van der Waals surface area contributed by atoms with E-state index in [0.29, 0.717) is 0 Å². The number of hydrogen-bond donors (Lipinski definition) is 2. The summed E-state index contributed by atoms with van der Waals surface area (Å²) in [7, 11) is 0. The third kappa shape index (κ3) is 3.07. The number of aliphatic hydroxyl groups is 1. The van der Waals surface area contributed by atoms with Crippen molar-refractivity contribution < 1.29 is 13.9 Å². The molecule has 1 aliphatic carbocycles. The van der Waals surface area contributed by atoms with Crippen LogP contribution in [-0.2, 0) is 0 Å². The van der Waals surface area contributed by atoms with Crippen LogP contribution in [-0.4, -0.2) is 11.2 Å². The molecule has 19 heavy (non-hydrogen) atoms. The fourth-order valence-corrected chi connectivity index (χ4v) is 2.95. The maximum Gasteiger partial charge on any atom is 0.149 e. The maximum atomic E-state index is 13.9. The lowest BCUT2D eigenvalue weighted by molar-refractivity contribution is 0.0597. The van der Waals surface area contributed by atoms with Gasteiger partial charge in [0.05, 0.1) is 17.2 Å². The number of halogens is 3. The van der Waals surface area contributed by atoms with Gasteiger partial charge in [0.2, 0.25) is 0 Å². The minimum Gasteiger partial charge on any atom is -0.391 e. The summed E-state index contributed by atoms with van der Waals surface area (Å²) >= 11 is 5.64. The highest BCUT2D eigenvalue weighted by Gasteiger charge is 2.31. The number of nitrogens with two attached hydrogens (primary N) is 1. The molecule has 2 rings (SSSR count). The number of rotatable bonds is 3. The van der Waals surface area contributed by atoms with Crippen LogP contribution in [0.4, 0.5) is 8.78 Å². The summed E-state index contributed by atoms with van der Waals surface area (Å²) in [6, 6.07) is 1.14. The standard InChI is InChI=1S/C14H18ClF2NO/c15-9-6-7-10(16)11(12(9)17)13(18)14(19)8-4-2-1-3-5-8/h6-8,13-14,19H,1-5,18H2/t13-,14+/m0/s1. The lowest BCUT2D eigenvalue weighted by atomic mass is 9.81. The largest absolute Gasteiger partial charge is 0.391 e. The summed E-state index contributed by atoms with van der Waals surface area (Å²) in [5.41, 5.74) is 5.54. The molecule has 2 atom stereocenters. The summed E-state index contributed by atoms with van der Waals surface area (Å²) in [4.78, 5) is 0. The molecule has 106 valence electrons. The van der Waals surface area contributed by atoms with Crippen LogP contribution in [0.3, 0.4) is 0 Å². The zero-order valence-corrected chi connectivity index (χ0v) is 11.3. The molecule has 0 aromatic heterocycles. The Hall–Kier alpha value is -0.710. The molecule has 3 N–H and O–H groups in total. The summed E-state index contributed by atoms with van der Waals surface area (Å²) < 4.78 is 27.6. The van der Waals surface area contributed by atoms with E-state index < -0.39 is 23.8 Å². The fraction of sp³-hybridized carbons (Fsp3) is 0.571. The molecule has 2 nitrogen and oxygen atoms in total. The van der Waals surface area contributed by atoms with Crippen LogP contribution >= 0.6 is 11.6 Å². The van der Waals surface area contributed by atoms with Crippen LogP contribution in [0.1, 0.15) is 43.7 Å². The monoisotopic (exact) mass is 289 g/mol. The molecule has 1 fully saturated rings. The smallest absolute Gasteiger partial charge is 0.149 e. The molecule has 1 saturated carbocycles. The Labute approximate surface area is 116 Å². The minimum absolute atomic E-state index is 0.00142. The van der Waals surface area contributed by atoms with Gasteiger partial charge in [-0.3, -0.25) is 0 Å². The van der Waals surface area contributed by atoms with E-state index >= 15 is 0 Å². The van der Waals surface area contributed by atoms with Gasteiger partial charge >= 0.3 is 0 Å². The highest BCUT2D eigenvalue weighted by molar-refractivity contribution is 6.30. The molecule has 0 spiro atoms. The van der Waals surface area contributed by atoms with Crippen LogP contribution in [0.2, 0.25) is 5.02 Å². The van der Waals surface area contributed by atoms with Crippen molar-refractivity contribution in [3.63, 3.8) is 0 Å². The molecule has 1 aliphatic rings. The molecule has 0 radical (unpaired) electrons. The average Bonchev–Trinajstić information content (AvgIpc) is 2.43. The van der Waals surface area contributed by atoms with Crippen molar-refractivity contribution in [1.29, 1.82) is 0 Å². The van der Waals surface area contributed by atoms with Crippen molar-refractivity contribution >= 4 is 11.6 Å². The molecule has 1 aromatic carbocycles. The van der Waals surface area contributed by atoms with Crippen LogP contribution in [0.5, 0.6) is 0 Å². The molecule has 1 aromatic rings. The highest BCUT2D eigenvalue weighted by Crippen LogP contribution is 2.34. The van der Waals surface area contributed by atoms with Crippen molar-refractivity contribution in [3.05, 3.63) is 34.4 Å². The van der Waals surface area contributed by atoms with Gasteiger partial charge in [-0.15, -0.1) is 0 Å². The molecular weight excluding hydrogens is 272 g/mol. The van der Waals surface area contributed by atoms with E-state index in [0.717, 1.165) is 44.2 Å². The van der Waals surface area contributed by atoms with Crippen molar-refractivity contribution in [2.75, 3.05) is 0 Å². The third-order valence-electron chi connectivity index (χ3n) is 3.91. The Bertz CT molecular complexity index is 449. The van der Waals surface area contributed by atoms with Gasteiger partial charge in [0.1, 0.15) is 11.6 Å². The lowest BCUT2D eigenvalue weighted by Gasteiger charge is -2.30. The quantitative estimate of drug-likeness (QED) is 0.836. The zero-order chi connectivity index (χ0) is 14.0. The van der Waals surface area contributed by atoms with Gasteiger partial charge in [0.15, 0.2) is 0 Å². The topological polar surface area (TPSA) is 46.2 Å². The fourth-order valence-electron chi connectivity index (χ4n) is 2.79. The van der Waals surface area contributed by atoms with Gasteiger partial charge in [-0.25, -0.2) is 8.78 Å². The van der Waals surface area contributed by atoms with Crippen molar-refractivity contribution in [1.82, 2.24) is 0 Å². The predicted molar refractivity (Wildman–Crippen MR) is 70.9 cm³/mol. The first-order valence-corrected chi connectivity index (χ1v) is 6.97. The Kier molecular flexibility index (Phi) is 4.76. The second-order valence-electron chi connectivity index (χ2n) is 5.17. The summed E-state index contributed by atoms with van der Waals surface area (Å²) in [6.07, 6.45) is 3.93. The third-order valence-corrected chi connectivity index (χ3v) is 4.21. The second-order valence-corrected chi connectivity index (χ2v) is 5.58. The second kappa shape index (κ2) is 6.16. The van der Waals surface area contributed by atoms with E-state index in [-0.39, 0.29) is 16.5 Å². The number of benzene rings is 1. The van der Waals surface area contributed by atoms with Crippen LogP contribution in [0.15, 0.2) is 12.1 Å². The van der Waals surface area contributed by atoms with E-state index in [4.69, 9.17) is 17.3 Å². The highest BCUT2D eigenvalue weighted by atomic mass is 35.5. The maximum absolute atomic E-state index is 13.9. The van der Waals surface area contributed by atoms with Crippen LogP contribution in [0.25, 0.3) is 0 Å². The molecule has 0 aliphatic heterocycles. The molecule has 0 saturated heterocycles. The minimum atomic E-state index is -1.08. The van der Waals surface area contributed by atoms with Gasteiger partial charge < -0.3 is 10.8 Å². The lowest BCUT2D eigenvalue weighted by Crippen LogP contribution is -2.35. The molecule has 0 unspecified atom stereocenters. The number of aliphatic hydroxyl groups excluding tert-OH is 1. The first-order chi connectivity index (χ1) is 9.02. The van der Waals surface area contributed by atoms with Crippen molar-refractivity contribution in [2.45, 2.75) is 44.2 Å². The first kappa shape index (κ1) is 14.7. The van der Waals surface area contributed by atoms with Gasteiger partial charge in [-0.1, -0.05) is 30.9 Å². The van der Waals surface area contributed by atoms with E-state index in [1.807, 2.05) is 0 Å². The van der Waals surface area contributed by atoms with E-state index in [9.17, 15) is 13.9 Å². The zero-order valence-electron chi connectivity index (χ0n) is 10.6. The van der Waals surface area contributed by atoms with E-state index in [1.54, 1.807) is 0 Å². The molecule has 0 bridgehead atoms. The Balaban J connectivity index is 2.23. The summed E-state index contributed by atoms with van der Waals surface area (Å²) in [5.74, 6) is -1.63. The molecule has 5 heteroatoms. The van der Waals surface area contributed by atoms with Crippen LogP contribution in [0, 0.1) is 17.6 Å². The van der Waals surface area contributed by atoms with Gasteiger partial charge in [-0.2, -0.15) is 0 Å². The van der Waals surface area contributed by atoms with Gasteiger partial charge in [0.25, 0.3) is 0 Å². The Morgan fingerprint density at radius 3 is 2.47 bits per heavy atom. The van der Waals surface area contributed by atoms with Crippen LogP contribution < -0.4 is 5.73 Å². The Morgan fingerprint density at radius 1 is 1.21 bits per heavy atom. The number of hydrogen-bond acceptors (Lipinski definition) is 2. The summed E-state index contributed by atoms with van der Waals surface area (Å²) in [6.45, 7) is 0. The summed E-state index contributed by atoms with van der Waals surface area (Å²) in [5, 5.41) is 10.1. The Morgan fingerprint density at radius 2 is 1.84 bits per heavy atom. The normalized spacial score (nSPS) is 20.3. The molecular formula is C14H18ClF2NO. The average molecular weight is 290 g/mol. The van der Waals surface area contributed by atoms with Crippen molar-refractivity contribution in [2.24, 2.45) is 11.7 Å². The van der Waals surface area contributed by atoms with E-state index in [2.05, 4.69) is 0 Å². The van der Waals surface area contributed by atoms with Crippen molar-refractivity contribution in [3.8, 4) is 0 Å². The van der Waals surface area contributed by atoms with Gasteiger partial charge in [-0.05, 0) is 30.9 Å².